The van der Waals surface area contributed by atoms with E-state index in [4.69, 9.17) is 9.47 Å². The molecule has 5 N–H and O–H groups in total. The van der Waals surface area contributed by atoms with Crippen molar-refractivity contribution in [1.82, 2.24) is 0 Å². The maximum atomic E-state index is 12.5. The summed E-state index contributed by atoms with van der Waals surface area (Å²) in [7, 11) is -6.72. The molecule has 17 heteroatoms. The van der Waals surface area contributed by atoms with Gasteiger partial charge < -0.3 is 25.0 Å². The highest BCUT2D eigenvalue weighted by atomic mass is 32.2. The minimum atomic E-state index is -4.87. The van der Waals surface area contributed by atoms with Crippen molar-refractivity contribution >= 4 is 75.9 Å². The van der Waals surface area contributed by atoms with Crippen molar-refractivity contribution in [2.24, 2.45) is 20.5 Å². The van der Waals surface area contributed by atoms with E-state index in [-0.39, 0.29) is 50.5 Å². The number of para-hydroxylation sites is 1. The molecule has 0 unspecified atom stereocenters. The maximum absolute atomic E-state index is 12.5. The van der Waals surface area contributed by atoms with E-state index < -0.39 is 41.5 Å². The van der Waals surface area contributed by atoms with Gasteiger partial charge in [-0.2, -0.15) is 16.8 Å². The van der Waals surface area contributed by atoms with Gasteiger partial charge in [0.25, 0.3) is 20.2 Å². The lowest BCUT2D eigenvalue weighted by Gasteiger charge is -2.12. The molecule has 0 aliphatic rings. The van der Waals surface area contributed by atoms with Crippen molar-refractivity contribution in [3.8, 4) is 34.1 Å². The number of phenolic OH excluding ortho intramolecular Hbond substituents is 2. The molecule has 15 nitrogen and oxygen atoms in total. The van der Waals surface area contributed by atoms with Crippen LogP contribution in [0.2, 0.25) is 0 Å². The first-order valence-corrected chi connectivity index (χ1v) is 19.6. The van der Waals surface area contributed by atoms with E-state index in [1.54, 1.807) is 66.7 Å². The zero-order valence-corrected chi connectivity index (χ0v) is 31.5. The van der Waals surface area contributed by atoms with Crippen molar-refractivity contribution < 1.29 is 45.6 Å². The number of phenols is 2. The van der Waals surface area contributed by atoms with Crippen LogP contribution in [0.1, 0.15) is 0 Å². The first-order chi connectivity index (χ1) is 27.2. The summed E-state index contributed by atoms with van der Waals surface area (Å²) in [5, 5.41) is 42.5. The van der Waals surface area contributed by atoms with E-state index in [2.05, 4.69) is 25.8 Å². The van der Waals surface area contributed by atoms with Crippen LogP contribution in [0, 0.1) is 0 Å². The quantitative estimate of drug-likeness (QED) is 0.0610. The number of benzene rings is 7. The number of hydrogen-bond donors (Lipinski definition) is 5. The van der Waals surface area contributed by atoms with E-state index in [0.717, 1.165) is 11.8 Å². The number of nitrogens with zero attached hydrogens (tertiary/aromatic N) is 4. The Hall–Kier alpha value is -6.92. The molecule has 0 heterocycles. The minimum absolute atomic E-state index is 0.113. The second kappa shape index (κ2) is 15.3. The average Bonchev–Trinajstić information content (AvgIpc) is 3.19. The summed E-state index contributed by atoms with van der Waals surface area (Å²) >= 11 is 0. The van der Waals surface area contributed by atoms with Crippen molar-refractivity contribution in [1.29, 1.82) is 0 Å². The molecule has 57 heavy (non-hydrogen) atoms. The minimum Gasteiger partial charge on any atom is -0.505 e. The summed E-state index contributed by atoms with van der Waals surface area (Å²) in [6, 6.07) is 32.3. The molecule has 0 fully saturated rings. The van der Waals surface area contributed by atoms with Gasteiger partial charge in [-0.05, 0) is 83.2 Å². The number of methoxy groups -OCH3 is 2. The molecular formula is C40H31N5O10S2. The van der Waals surface area contributed by atoms with Gasteiger partial charge in [-0.15, -0.1) is 20.5 Å². The molecule has 0 saturated carbocycles. The summed E-state index contributed by atoms with van der Waals surface area (Å²) in [6.07, 6.45) is 0. The first kappa shape index (κ1) is 38.4. The van der Waals surface area contributed by atoms with Crippen molar-refractivity contribution in [3.63, 3.8) is 0 Å². The zero-order valence-electron chi connectivity index (χ0n) is 29.9. The summed E-state index contributed by atoms with van der Waals surface area (Å²) in [5.74, 6) is -0.352. The van der Waals surface area contributed by atoms with Gasteiger partial charge in [0.2, 0.25) is 0 Å². The van der Waals surface area contributed by atoms with Gasteiger partial charge in [0.1, 0.15) is 44.0 Å². The van der Waals surface area contributed by atoms with Gasteiger partial charge in [-0.1, -0.05) is 54.6 Å². The van der Waals surface area contributed by atoms with Crippen LogP contribution in [0.25, 0.3) is 32.7 Å². The van der Waals surface area contributed by atoms with Crippen molar-refractivity contribution in [2.75, 3.05) is 19.5 Å². The molecule has 0 saturated heterocycles. The van der Waals surface area contributed by atoms with Crippen LogP contribution in [0.4, 0.5) is 34.1 Å². The van der Waals surface area contributed by atoms with Gasteiger partial charge in [-0.25, -0.2) is 0 Å². The molecule has 7 aromatic rings. The van der Waals surface area contributed by atoms with Crippen LogP contribution in [0.3, 0.4) is 0 Å². The van der Waals surface area contributed by atoms with Crippen LogP contribution in [-0.4, -0.2) is 50.4 Å². The number of anilines is 2. The monoisotopic (exact) mass is 805 g/mol. The lowest BCUT2D eigenvalue weighted by atomic mass is 10.0. The summed E-state index contributed by atoms with van der Waals surface area (Å²) < 4.78 is 80.2. The molecule has 0 atom stereocenters. The van der Waals surface area contributed by atoms with Gasteiger partial charge in [-0.3, -0.25) is 9.11 Å². The van der Waals surface area contributed by atoms with Crippen LogP contribution in [-0.2, 0) is 20.2 Å². The predicted molar refractivity (Wildman–Crippen MR) is 214 cm³/mol. The van der Waals surface area contributed by atoms with E-state index >= 15 is 0 Å². The number of aromatic hydroxyl groups is 2. The highest BCUT2D eigenvalue weighted by Gasteiger charge is 2.23. The van der Waals surface area contributed by atoms with Crippen LogP contribution >= 0.6 is 0 Å². The Morgan fingerprint density at radius 3 is 1.67 bits per heavy atom. The van der Waals surface area contributed by atoms with Crippen molar-refractivity contribution in [3.05, 3.63) is 121 Å². The topological polar surface area (TPSA) is 229 Å². The molecule has 7 rings (SSSR count). The number of ether oxygens (including phenoxy) is 2. The Labute approximate surface area is 325 Å². The third-order valence-corrected chi connectivity index (χ3v) is 10.6. The molecule has 0 aromatic heterocycles. The van der Waals surface area contributed by atoms with E-state index in [0.29, 0.717) is 22.2 Å². The lowest BCUT2D eigenvalue weighted by molar-refractivity contribution is 0.415. The second-order valence-corrected chi connectivity index (χ2v) is 15.2. The third kappa shape index (κ3) is 7.94. The fraction of sp³-hybridized carbons (Fsp3) is 0.0500. The van der Waals surface area contributed by atoms with Gasteiger partial charge in [0.15, 0.2) is 11.5 Å². The number of rotatable bonds is 11. The van der Waals surface area contributed by atoms with E-state index in [1.807, 2.05) is 30.3 Å². The van der Waals surface area contributed by atoms with Crippen molar-refractivity contribution in [2.45, 2.75) is 9.79 Å². The smallest absolute Gasteiger partial charge is 0.296 e. The molecule has 0 spiro atoms. The number of nitrogens with one attached hydrogen (secondary N) is 1. The summed E-state index contributed by atoms with van der Waals surface area (Å²) in [6.45, 7) is 0. The Kier molecular flexibility index (Phi) is 10.3. The van der Waals surface area contributed by atoms with E-state index in [1.165, 1.54) is 32.4 Å². The predicted octanol–water partition coefficient (Wildman–Crippen LogP) is 10.2. The molecule has 0 radical (unpaired) electrons. The summed E-state index contributed by atoms with van der Waals surface area (Å²) in [4.78, 5) is -1.09. The first-order valence-electron chi connectivity index (χ1n) is 16.8. The fourth-order valence-electron chi connectivity index (χ4n) is 6.10. The molecule has 0 amide bonds. The number of fused-ring (bicyclic) bond motifs is 2. The van der Waals surface area contributed by atoms with Crippen LogP contribution in [0.15, 0.2) is 152 Å². The van der Waals surface area contributed by atoms with Gasteiger partial charge >= 0.3 is 0 Å². The number of azo groups is 2. The molecule has 0 aliphatic heterocycles. The standard InChI is InChI=1S/C40H31N5O10S2/c1-54-34-19-23(12-16-31(34)42-44-33-22-36(56(48,49)50)29-10-6-7-11-30(29)39(33)46)24-13-17-32(35(20-24)55-2)43-45-38-37(57(51,52)53)21-25-18-27(14-15-28(25)40(38)47)41-26-8-4-3-5-9-26/h3-22,41,46-47H,1-2H3,(H,48,49,50)(H,51,52,53). The van der Waals surface area contributed by atoms with Gasteiger partial charge in [0.05, 0.1) is 14.2 Å². The molecule has 0 bridgehead atoms. The van der Waals surface area contributed by atoms with E-state index in [9.17, 15) is 36.2 Å². The molecular weight excluding hydrogens is 775 g/mol. The zero-order chi connectivity index (χ0) is 40.5. The third-order valence-electron chi connectivity index (χ3n) is 8.84. The summed E-state index contributed by atoms with van der Waals surface area (Å²) in [5.41, 5.74) is 2.40. The molecule has 288 valence electrons. The molecule has 0 aliphatic carbocycles. The Balaban J connectivity index is 1.19. The SMILES string of the molecule is COc1cc(-c2ccc(N=Nc3c(S(=O)(=O)O)cc4cc(Nc5ccccc5)ccc4c3O)c(OC)c2)ccc1N=Nc1cc(S(=O)(=O)O)c2ccccc2c1O. The van der Waals surface area contributed by atoms with Crippen LogP contribution < -0.4 is 14.8 Å². The number of hydrogen-bond acceptors (Lipinski definition) is 13. The van der Waals surface area contributed by atoms with Crippen LogP contribution in [0.5, 0.6) is 23.0 Å². The Morgan fingerprint density at radius 1 is 0.509 bits per heavy atom. The fourth-order valence-corrected chi connectivity index (χ4v) is 7.48. The lowest BCUT2D eigenvalue weighted by Crippen LogP contribution is -1.99. The maximum Gasteiger partial charge on any atom is 0.296 e. The Bertz CT molecular complexity index is 3000. The highest BCUT2D eigenvalue weighted by molar-refractivity contribution is 7.86. The average molecular weight is 806 g/mol. The Morgan fingerprint density at radius 2 is 1.07 bits per heavy atom. The second-order valence-electron chi connectivity index (χ2n) is 12.4. The molecule has 7 aromatic carbocycles. The van der Waals surface area contributed by atoms with Gasteiger partial charge in [0, 0.05) is 27.5 Å². The highest BCUT2D eigenvalue weighted by Crippen LogP contribution is 2.44. The largest absolute Gasteiger partial charge is 0.505 e. The normalized spacial score (nSPS) is 12.1.